The maximum absolute atomic E-state index is 13.0. The summed E-state index contributed by atoms with van der Waals surface area (Å²) in [4.78, 5) is 43.0. The minimum absolute atomic E-state index is 0.00473. The van der Waals surface area contributed by atoms with E-state index in [1.54, 1.807) is 43.1 Å². The van der Waals surface area contributed by atoms with Gasteiger partial charge in [-0.15, -0.1) is 0 Å². The molecular formula is C29H41N5O8S. The van der Waals surface area contributed by atoms with Gasteiger partial charge in [0.05, 0.1) is 30.2 Å². The lowest BCUT2D eigenvalue weighted by atomic mass is 10.1. The average Bonchev–Trinajstić information content (AvgIpc) is 3.36. The van der Waals surface area contributed by atoms with Crippen molar-refractivity contribution in [1.29, 1.82) is 0 Å². The molecule has 1 aromatic heterocycles. The first kappa shape index (κ1) is 33.7. The van der Waals surface area contributed by atoms with Crippen molar-refractivity contribution in [3.05, 3.63) is 53.2 Å². The molecule has 0 spiro atoms. The van der Waals surface area contributed by atoms with E-state index in [1.165, 1.54) is 0 Å². The molecule has 0 bridgehead atoms. The van der Waals surface area contributed by atoms with E-state index < -0.39 is 53.3 Å². The van der Waals surface area contributed by atoms with E-state index in [4.69, 9.17) is 9.47 Å². The van der Waals surface area contributed by atoms with Crippen LogP contribution in [0.25, 0.3) is 0 Å². The molecule has 1 aromatic carbocycles. The molecule has 2 amide bonds. The number of unbranched alkanes of at least 4 members (excludes halogenated alkanes) is 1. The zero-order valence-electron chi connectivity index (χ0n) is 25.0. The summed E-state index contributed by atoms with van der Waals surface area (Å²) in [5.41, 5.74) is 1.85. The molecule has 1 fully saturated rings. The van der Waals surface area contributed by atoms with Gasteiger partial charge in [-0.25, -0.2) is 18.2 Å². The monoisotopic (exact) mass is 619 g/mol. The van der Waals surface area contributed by atoms with Gasteiger partial charge in [0.25, 0.3) is 0 Å². The van der Waals surface area contributed by atoms with Crippen LogP contribution < -0.4 is 15.4 Å². The highest BCUT2D eigenvalue weighted by Crippen LogP contribution is 2.23. The molecule has 0 aliphatic carbocycles. The highest BCUT2D eigenvalue weighted by Gasteiger charge is 2.37. The molecule has 2 heterocycles. The number of rotatable bonds is 15. The Hall–Kier alpha value is -3.75. The number of sulfonamides is 1. The molecule has 236 valence electrons. The summed E-state index contributed by atoms with van der Waals surface area (Å²) in [7, 11) is -4.18. The van der Waals surface area contributed by atoms with Gasteiger partial charge < -0.3 is 30.1 Å². The second-order valence-electron chi connectivity index (χ2n) is 10.6. The van der Waals surface area contributed by atoms with Crippen molar-refractivity contribution >= 4 is 33.8 Å². The van der Waals surface area contributed by atoms with E-state index in [9.17, 15) is 27.9 Å². The molecule has 3 unspecified atom stereocenters. The number of carbonyl (C=O) groups excluding carboxylic acids is 2. The van der Waals surface area contributed by atoms with E-state index in [0.717, 1.165) is 18.4 Å². The molecule has 3 atom stereocenters. The summed E-state index contributed by atoms with van der Waals surface area (Å²) in [5, 5.41) is 15.3. The predicted molar refractivity (Wildman–Crippen MR) is 159 cm³/mol. The van der Waals surface area contributed by atoms with Gasteiger partial charge in [0.15, 0.2) is 0 Å². The number of likely N-dealkylation sites (tertiary alicyclic amines) is 1. The molecule has 2 aromatic rings. The first-order valence-electron chi connectivity index (χ1n) is 14.2. The maximum atomic E-state index is 13.0. The molecule has 3 rings (SSSR count). The summed E-state index contributed by atoms with van der Waals surface area (Å²) in [6.45, 7) is 7.12. The Morgan fingerprint density at radius 2 is 1.88 bits per heavy atom. The standard InChI is InChI=1S/C29H41N5O8S/c1-5-6-11-41-29(38)34-17-23(14-22(34)15-31-25-9-7-8-10-30-25)42-18-26(35)32-16-24(28(36)37)33-43(39,40)27-20(3)12-19(2)13-21(27)4/h7-10,12-13,22-24,33H,5-6,11,14-18H2,1-4H3,(H,30,31)(H,32,35)(H,36,37). The van der Waals surface area contributed by atoms with Crippen molar-refractivity contribution < 1.29 is 37.4 Å². The Bertz CT molecular complexity index is 1350. The molecule has 0 radical (unpaired) electrons. The molecular weight excluding hydrogens is 578 g/mol. The minimum Gasteiger partial charge on any atom is -0.480 e. The number of ether oxygens (including phenoxy) is 2. The Kier molecular flexibility index (Phi) is 12.3. The van der Waals surface area contributed by atoms with Gasteiger partial charge in [-0.2, -0.15) is 4.72 Å². The number of carbonyl (C=O) groups is 3. The Labute approximate surface area is 252 Å². The number of aromatic nitrogens is 1. The van der Waals surface area contributed by atoms with Gasteiger partial charge in [-0.3, -0.25) is 9.59 Å². The number of aryl methyl sites for hydroxylation is 3. The lowest BCUT2D eigenvalue weighted by Crippen LogP contribution is -2.49. The van der Waals surface area contributed by atoms with Crippen LogP contribution in [0, 0.1) is 20.8 Å². The SMILES string of the molecule is CCCCOC(=O)N1CC(OCC(=O)NCC(NS(=O)(=O)c2c(C)cc(C)cc2C)C(=O)O)CC1CNc1ccccn1. The van der Waals surface area contributed by atoms with Crippen molar-refractivity contribution in [2.75, 3.05) is 38.2 Å². The fourth-order valence-electron chi connectivity index (χ4n) is 4.96. The summed E-state index contributed by atoms with van der Waals surface area (Å²) in [6.07, 6.45) is 2.78. The van der Waals surface area contributed by atoms with Gasteiger partial charge in [0, 0.05) is 19.3 Å². The number of hydrogen-bond acceptors (Lipinski definition) is 9. The van der Waals surface area contributed by atoms with Crippen molar-refractivity contribution in [1.82, 2.24) is 19.9 Å². The van der Waals surface area contributed by atoms with Crippen molar-refractivity contribution in [3.63, 3.8) is 0 Å². The minimum atomic E-state index is -4.18. The summed E-state index contributed by atoms with van der Waals surface area (Å²) >= 11 is 0. The molecule has 13 nitrogen and oxygen atoms in total. The largest absolute Gasteiger partial charge is 0.480 e. The third-order valence-electron chi connectivity index (χ3n) is 6.94. The van der Waals surface area contributed by atoms with Crippen molar-refractivity contribution in [2.24, 2.45) is 0 Å². The fourth-order valence-corrected chi connectivity index (χ4v) is 6.61. The zero-order chi connectivity index (χ0) is 31.6. The van der Waals surface area contributed by atoms with Crippen LogP contribution in [0.1, 0.15) is 42.9 Å². The summed E-state index contributed by atoms with van der Waals surface area (Å²) in [6, 6.07) is 6.97. The number of aliphatic carboxylic acids is 1. The van der Waals surface area contributed by atoms with Gasteiger partial charge >= 0.3 is 12.1 Å². The number of carboxylic acid groups (broad SMARTS) is 1. The second kappa shape index (κ2) is 15.6. The van der Waals surface area contributed by atoms with Crippen LogP contribution in [0.3, 0.4) is 0 Å². The van der Waals surface area contributed by atoms with Crippen LogP contribution in [0.15, 0.2) is 41.4 Å². The van der Waals surface area contributed by atoms with Crippen LogP contribution in [-0.4, -0.2) is 92.4 Å². The summed E-state index contributed by atoms with van der Waals surface area (Å²) < 4.78 is 39.4. The molecule has 14 heteroatoms. The average molecular weight is 620 g/mol. The third kappa shape index (κ3) is 9.90. The Morgan fingerprint density at radius 1 is 1.16 bits per heavy atom. The second-order valence-corrected chi connectivity index (χ2v) is 12.2. The molecule has 4 N–H and O–H groups in total. The predicted octanol–water partition coefficient (Wildman–Crippen LogP) is 2.36. The number of carboxylic acids is 1. The van der Waals surface area contributed by atoms with Crippen LogP contribution in [0.5, 0.6) is 0 Å². The number of nitrogens with one attached hydrogen (secondary N) is 3. The zero-order valence-corrected chi connectivity index (χ0v) is 25.8. The van der Waals surface area contributed by atoms with Crippen LogP contribution in [-0.2, 0) is 29.1 Å². The van der Waals surface area contributed by atoms with Crippen molar-refractivity contribution in [3.8, 4) is 0 Å². The summed E-state index contributed by atoms with van der Waals surface area (Å²) in [5.74, 6) is -1.41. The van der Waals surface area contributed by atoms with E-state index in [2.05, 4.69) is 20.3 Å². The number of amides is 2. The Morgan fingerprint density at radius 3 is 2.51 bits per heavy atom. The Balaban J connectivity index is 1.55. The normalized spacial score (nSPS) is 17.3. The lowest BCUT2D eigenvalue weighted by Gasteiger charge is -2.24. The number of pyridine rings is 1. The molecule has 43 heavy (non-hydrogen) atoms. The highest BCUT2D eigenvalue weighted by atomic mass is 32.2. The van der Waals surface area contributed by atoms with Crippen LogP contribution >= 0.6 is 0 Å². The first-order valence-corrected chi connectivity index (χ1v) is 15.7. The van der Waals surface area contributed by atoms with Crippen molar-refractivity contribution in [2.45, 2.75) is 70.0 Å². The fraction of sp³-hybridized carbons (Fsp3) is 0.517. The van der Waals surface area contributed by atoms with Gasteiger partial charge in [0.1, 0.15) is 18.5 Å². The van der Waals surface area contributed by atoms with Gasteiger partial charge in [0.2, 0.25) is 15.9 Å². The maximum Gasteiger partial charge on any atom is 0.410 e. The highest BCUT2D eigenvalue weighted by molar-refractivity contribution is 7.89. The number of anilines is 1. The van der Waals surface area contributed by atoms with Crippen LogP contribution in [0.4, 0.5) is 10.6 Å². The quantitative estimate of drug-likeness (QED) is 0.217. The van der Waals surface area contributed by atoms with Crippen LogP contribution in [0.2, 0.25) is 0 Å². The molecule has 1 aliphatic rings. The van der Waals surface area contributed by atoms with E-state index in [0.29, 0.717) is 36.5 Å². The van der Waals surface area contributed by atoms with E-state index in [1.807, 2.05) is 26.0 Å². The number of nitrogens with zero attached hydrogens (tertiary/aromatic N) is 2. The third-order valence-corrected chi connectivity index (χ3v) is 8.72. The lowest BCUT2D eigenvalue weighted by molar-refractivity contribution is -0.139. The molecule has 1 saturated heterocycles. The molecule has 1 aliphatic heterocycles. The number of hydrogen-bond donors (Lipinski definition) is 4. The van der Waals surface area contributed by atoms with E-state index >= 15 is 0 Å². The number of benzene rings is 1. The smallest absolute Gasteiger partial charge is 0.410 e. The molecule has 0 saturated carbocycles. The first-order chi connectivity index (χ1) is 20.4. The van der Waals surface area contributed by atoms with Gasteiger partial charge in [-0.05, 0) is 56.9 Å². The topological polar surface area (TPSA) is 176 Å². The van der Waals surface area contributed by atoms with Gasteiger partial charge in [-0.1, -0.05) is 37.1 Å². The van der Waals surface area contributed by atoms with E-state index in [-0.39, 0.29) is 17.5 Å².